The van der Waals surface area contributed by atoms with E-state index < -0.39 is 5.82 Å². The first-order valence-corrected chi connectivity index (χ1v) is 7.49. The molecular formula is C15H12BrFN2OS. The molecule has 2 aromatic carbocycles. The topological polar surface area (TPSA) is 29.9 Å². The fourth-order valence-electron chi connectivity index (χ4n) is 2.27. The van der Waals surface area contributed by atoms with Gasteiger partial charge in [-0.15, -0.1) is 0 Å². The Morgan fingerprint density at radius 3 is 2.81 bits per heavy atom. The molecule has 1 aromatic heterocycles. The lowest BCUT2D eigenvalue weighted by atomic mass is 10.2. The van der Waals surface area contributed by atoms with Crippen LogP contribution in [0.15, 0.2) is 40.9 Å². The minimum Gasteiger partial charge on any atom is -0.494 e. The first-order chi connectivity index (χ1) is 10.1. The maximum atomic E-state index is 13.8. The number of benzene rings is 2. The van der Waals surface area contributed by atoms with Gasteiger partial charge in [-0.05, 0) is 23.8 Å². The number of nitrogens with one attached hydrogen (secondary N) is 1. The lowest BCUT2D eigenvalue weighted by Crippen LogP contribution is -2.00. The minimum atomic E-state index is -0.408. The Balaban J connectivity index is 2.16. The number of aromatic nitrogens is 2. The molecule has 0 saturated carbocycles. The molecule has 1 N–H and O–H groups in total. The quantitative estimate of drug-likeness (QED) is 0.683. The summed E-state index contributed by atoms with van der Waals surface area (Å²) in [5, 5.41) is 0. The summed E-state index contributed by atoms with van der Waals surface area (Å²) in [6, 6.07) is 11.0. The number of rotatable bonds is 3. The highest BCUT2D eigenvalue weighted by atomic mass is 79.9. The van der Waals surface area contributed by atoms with Crippen LogP contribution < -0.4 is 4.74 Å². The monoisotopic (exact) mass is 366 g/mol. The summed E-state index contributed by atoms with van der Waals surface area (Å²) in [4.78, 5) is 3.03. The third-order valence-corrected chi connectivity index (χ3v) is 4.43. The van der Waals surface area contributed by atoms with Gasteiger partial charge in [0.25, 0.3) is 0 Å². The number of hydrogen-bond acceptors (Lipinski definition) is 2. The van der Waals surface area contributed by atoms with E-state index in [2.05, 4.69) is 20.9 Å². The molecular weight excluding hydrogens is 355 g/mol. The van der Waals surface area contributed by atoms with Crippen molar-refractivity contribution in [1.29, 1.82) is 0 Å². The molecule has 21 heavy (non-hydrogen) atoms. The number of aromatic amines is 1. The Kier molecular flexibility index (Phi) is 3.82. The van der Waals surface area contributed by atoms with Gasteiger partial charge in [-0.1, -0.05) is 34.1 Å². The summed E-state index contributed by atoms with van der Waals surface area (Å²) < 4.78 is 22.3. The van der Waals surface area contributed by atoms with Gasteiger partial charge in [0.2, 0.25) is 0 Å². The molecule has 0 radical (unpaired) electrons. The molecule has 0 unspecified atom stereocenters. The van der Waals surface area contributed by atoms with E-state index in [0.717, 1.165) is 15.6 Å². The molecule has 3 rings (SSSR count). The maximum Gasteiger partial charge on any atom is 0.178 e. The standard InChI is InChI=1S/C15H12BrFN2OS/c1-20-14-7-13-12(6-11(14)17)18-15(21)19(13)8-9-4-2-3-5-10(9)16/h2-7H,8H2,1H3,(H,18,21). The number of hydrogen-bond donors (Lipinski definition) is 1. The number of imidazole rings is 1. The van der Waals surface area contributed by atoms with Crippen LogP contribution in [0.2, 0.25) is 0 Å². The van der Waals surface area contributed by atoms with E-state index in [1.807, 2.05) is 28.8 Å². The molecule has 0 spiro atoms. The second kappa shape index (κ2) is 5.61. The van der Waals surface area contributed by atoms with E-state index in [0.29, 0.717) is 16.8 Å². The van der Waals surface area contributed by atoms with Crippen molar-refractivity contribution in [3.05, 3.63) is 57.0 Å². The fraction of sp³-hybridized carbons (Fsp3) is 0.133. The summed E-state index contributed by atoms with van der Waals surface area (Å²) in [6.45, 7) is 0.592. The first-order valence-electron chi connectivity index (χ1n) is 6.29. The van der Waals surface area contributed by atoms with Crippen LogP contribution in [0.5, 0.6) is 5.75 Å². The van der Waals surface area contributed by atoms with Crippen molar-refractivity contribution in [2.45, 2.75) is 6.54 Å². The molecule has 3 nitrogen and oxygen atoms in total. The molecule has 6 heteroatoms. The van der Waals surface area contributed by atoms with Gasteiger partial charge < -0.3 is 14.3 Å². The summed E-state index contributed by atoms with van der Waals surface area (Å²) >= 11 is 8.88. The zero-order chi connectivity index (χ0) is 15.0. The van der Waals surface area contributed by atoms with E-state index in [1.54, 1.807) is 6.07 Å². The van der Waals surface area contributed by atoms with Crippen LogP contribution in [0.4, 0.5) is 4.39 Å². The van der Waals surface area contributed by atoms with Crippen molar-refractivity contribution in [2.75, 3.05) is 7.11 Å². The molecule has 0 saturated heterocycles. The van der Waals surface area contributed by atoms with Crippen molar-refractivity contribution < 1.29 is 9.13 Å². The molecule has 0 bridgehead atoms. The van der Waals surface area contributed by atoms with E-state index in [1.165, 1.54) is 13.2 Å². The van der Waals surface area contributed by atoms with E-state index in [-0.39, 0.29) is 5.75 Å². The lowest BCUT2D eigenvalue weighted by molar-refractivity contribution is 0.387. The van der Waals surface area contributed by atoms with Crippen molar-refractivity contribution in [3.63, 3.8) is 0 Å². The third-order valence-electron chi connectivity index (χ3n) is 3.33. The highest BCUT2D eigenvalue weighted by Crippen LogP contribution is 2.26. The molecule has 0 atom stereocenters. The van der Waals surface area contributed by atoms with E-state index >= 15 is 0 Å². The SMILES string of the molecule is COc1cc2c(cc1F)[nH]c(=S)n2Cc1ccccc1Br. The maximum absolute atomic E-state index is 13.8. The van der Waals surface area contributed by atoms with Crippen molar-refractivity contribution in [1.82, 2.24) is 9.55 Å². The molecule has 108 valence electrons. The highest BCUT2D eigenvalue weighted by molar-refractivity contribution is 9.10. The molecule has 3 aromatic rings. The van der Waals surface area contributed by atoms with Gasteiger partial charge in [0, 0.05) is 16.6 Å². The molecule has 1 heterocycles. The smallest absolute Gasteiger partial charge is 0.178 e. The predicted molar refractivity (Wildman–Crippen MR) is 86.9 cm³/mol. The van der Waals surface area contributed by atoms with Gasteiger partial charge >= 0.3 is 0 Å². The van der Waals surface area contributed by atoms with E-state index in [9.17, 15) is 4.39 Å². The first kappa shape index (κ1) is 14.3. The molecule has 0 aliphatic heterocycles. The van der Waals surface area contributed by atoms with Gasteiger partial charge in [-0.3, -0.25) is 0 Å². The minimum absolute atomic E-state index is 0.206. The number of H-pyrrole nitrogens is 1. The van der Waals surface area contributed by atoms with Gasteiger partial charge in [-0.25, -0.2) is 4.39 Å². The van der Waals surface area contributed by atoms with Gasteiger partial charge in [-0.2, -0.15) is 0 Å². The number of fused-ring (bicyclic) bond motifs is 1. The normalized spacial score (nSPS) is 11.0. The van der Waals surface area contributed by atoms with Crippen LogP contribution in [0.3, 0.4) is 0 Å². The van der Waals surface area contributed by atoms with Crippen LogP contribution >= 0.6 is 28.1 Å². The summed E-state index contributed by atoms with van der Waals surface area (Å²) in [7, 11) is 1.45. The Morgan fingerprint density at radius 2 is 2.10 bits per heavy atom. The Bertz CT molecular complexity index is 872. The van der Waals surface area contributed by atoms with Crippen LogP contribution in [-0.2, 0) is 6.54 Å². The Labute approximate surface area is 134 Å². The van der Waals surface area contributed by atoms with Gasteiger partial charge in [0.15, 0.2) is 16.3 Å². The summed E-state index contributed by atoms with van der Waals surface area (Å²) in [6.07, 6.45) is 0. The third kappa shape index (κ3) is 2.61. The van der Waals surface area contributed by atoms with Crippen molar-refractivity contribution in [2.24, 2.45) is 0 Å². The number of ether oxygens (including phenoxy) is 1. The van der Waals surface area contributed by atoms with Crippen molar-refractivity contribution >= 4 is 39.2 Å². The molecule has 0 aliphatic carbocycles. The molecule has 0 amide bonds. The average molecular weight is 367 g/mol. The largest absolute Gasteiger partial charge is 0.494 e. The zero-order valence-corrected chi connectivity index (χ0v) is 13.6. The Morgan fingerprint density at radius 1 is 1.33 bits per heavy atom. The highest BCUT2D eigenvalue weighted by Gasteiger charge is 2.11. The van der Waals surface area contributed by atoms with Crippen LogP contribution in [0, 0.1) is 10.6 Å². The zero-order valence-electron chi connectivity index (χ0n) is 11.2. The van der Waals surface area contributed by atoms with Crippen molar-refractivity contribution in [3.8, 4) is 5.75 Å². The van der Waals surface area contributed by atoms with Gasteiger partial charge in [0.1, 0.15) is 0 Å². The van der Waals surface area contributed by atoms with Crippen LogP contribution in [0.25, 0.3) is 11.0 Å². The Hall–Kier alpha value is -1.66. The molecule has 0 aliphatic rings. The average Bonchev–Trinajstić information content (AvgIpc) is 2.75. The van der Waals surface area contributed by atoms with Crippen LogP contribution in [0.1, 0.15) is 5.56 Å². The summed E-state index contributed by atoms with van der Waals surface area (Å²) in [5.41, 5.74) is 2.57. The van der Waals surface area contributed by atoms with Crippen LogP contribution in [-0.4, -0.2) is 16.7 Å². The second-order valence-corrected chi connectivity index (χ2v) is 5.85. The number of methoxy groups -OCH3 is 1. The van der Waals surface area contributed by atoms with Gasteiger partial charge in [0.05, 0.1) is 24.7 Å². The lowest BCUT2D eigenvalue weighted by Gasteiger charge is -2.08. The summed E-state index contributed by atoms with van der Waals surface area (Å²) in [5.74, 6) is -0.202. The second-order valence-electron chi connectivity index (χ2n) is 4.61. The fourth-order valence-corrected chi connectivity index (χ4v) is 2.95. The number of nitrogens with zero attached hydrogens (tertiary/aromatic N) is 1. The predicted octanol–water partition coefficient (Wildman–Crippen LogP) is 4.66. The number of halogens is 2. The van der Waals surface area contributed by atoms with E-state index in [4.69, 9.17) is 17.0 Å². The molecule has 0 fully saturated rings.